The Morgan fingerprint density at radius 2 is 2.80 bits per heavy atom. The Balaban J connectivity index is 2.32. The molecule has 1 heterocycles. The molecule has 0 amide bonds. The minimum absolute atomic E-state index is 0.931. The minimum atomic E-state index is 0.931. The van der Waals surface area contributed by atoms with E-state index in [1.807, 2.05) is 0 Å². The molecule has 0 unspecified atom stereocenters. The van der Waals surface area contributed by atoms with Crippen molar-refractivity contribution in [2.24, 2.45) is 4.99 Å². The van der Waals surface area contributed by atoms with Gasteiger partial charge in [0.25, 0.3) is 0 Å². The molecule has 1 nitrogen and oxygen atoms in total. The number of hydrogen-bond donors (Lipinski definition) is 0. The van der Waals surface area contributed by atoms with Crippen LogP contribution in [-0.4, -0.2) is 17.8 Å². The standard InChI is InChI=1S/C3H4NS/c1-2-5-3-4-1/h2-3H2. The Labute approximate surface area is 35.5 Å². The van der Waals surface area contributed by atoms with Crippen LogP contribution in [0.25, 0.3) is 0 Å². The Kier molecular flexibility index (Phi) is 0.937. The van der Waals surface area contributed by atoms with E-state index >= 15 is 0 Å². The fourth-order valence-corrected chi connectivity index (χ4v) is 0.685. The van der Waals surface area contributed by atoms with Crippen LogP contribution in [0, 0.1) is 0 Å². The second kappa shape index (κ2) is 1.45. The molecule has 0 aromatic heterocycles. The van der Waals surface area contributed by atoms with Crippen LogP contribution >= 0.6 is 11.8 Å². The van der Waals surface area contributed by atoms with Gasteiger partial charge in [0.15, 0.2) is 0 Å². The van der Waals surface area contributed by atoms with Gasteiger partial charge in [-0.25, -0.2) is 0 Å². The molecule has 1 rings (SSSR count). The second-order valence-electron chi connectivity index (χ2n) is 0.794. The summed E-state index contributed by atoms with van der Waals surface area (Å²) in [6, 6.07) is 0. The molecule has 1 aliphatic heterocycles. The molecule has 0 fully saturated rings. The Hall–Kier alpha value is 0.0200. The van der Waals surface area contributed by atoms with Gasteiger partial charge in [-0.15, -0.1) is 11.8 Å². The number of rotatable bonds is 0. The van der Waals surface area contributed by atoms with E-state index in [0.29, 0.717) is 0 Å². The Morgan fingerprint density at radius 1 is 1.80 bits per heavy atom. The van der Waals surface area contributed by atoms with Gasteiger partial charge in [0.2, 0.25) is 0 Å². The topological polar surface area (TPSA) is 12.4 Å². The second-order valence-corrected chi connectivity index (χ2v) is 1.75. The summed E-state index contributed by atoms with van der Waals surface area (Å²) in [7, 11) is 0. The average Bonchev–Trinajstić information content (AvgIpc) is 1.76. The predicted octanol–water partition coefficient (Wildman–Crippen LogP) is 0.639. The van der Waals surface area contributed by atoms with Gasteiger partial charge in [-0.1, -0.05) is 0 Å². The first kappa shape index (κ1) is 3.22. The third-order valence-electron chi connectivity index (χ3n) is 0.434. The van der Waals surface area contributed by atoms with Crippen molar-refractivity contribution in [3.63, 3.8) is 0 Å². The molecule has 0 bridgehead atoms. The van der Waals surface area contributed by atoms with E-state index < -0.39 is 0 Å². The summed E-state index contributed by atoms with van der Waals surface area (Å²) in [5.74, 6) is 1.93. The quantitative estimate of drug-likeness (QED) is 0.421. The zero-order valence-corrected chi connectivity index (χ0v) is 3.59. The molecular formula is C3H4NS. The highest BCUT2D eigenvalue weighted by atomic mass is 32.2. The molecule has 0 saturated heterocycles. The molecular weight excluding hydrogens is 82.1 g/mol. The van der Waals surface area contributed by atoms with E-state index in [0.717, 1.165) is 11.6 Å². The maximum absolute atomic E-state index is 3.80. The zero-order chi connectivity index (χ0) is 3.54. The zero-order valence-electron chi connectivity index (χ0n) is 2.77. The van der Waals surface area contributed by atoms with Crippen molar-refractivity contribution in [1.29, 1.82) is 0 Å². The van der Waals surface area contributed by atoms with E-state index in [9.17, 15) is 0 Å². The molecule has 0 spiro atoms. The average molecular weight is 86.1 g/mol. The summed E-state index contributed by atoms with van der Waals surface area (Å²) in [6.07, 6.45) is 2.81. The van der Waals surface area contributed by atoms with Crippen LogP contribution in [0.15, 0.2) is 4.99 Å². The fourth-order valence-electron chi connectivity index (χ4n) is 0.228. The van der Waals surface area contributed by atoms with Gasteiger partial charge < -0.3 is 0 Å². The van der Waals surface area contributed by atoms with Crippen molar-refractivity contribution in [2.75, 3.05) is 11.6 Å². The lowest BCUT2D eigenvalue weighted by molar-refractivity contribution is 1.43. The van der Waals surface area contributed by atoms with Crippen LogP contribution in [0.5, 0.6) is 0 Å². The lowest BCUT2D eigenvalue weighted by Crippen LogP contribution is -1.61. The van der Waals surface area contributed by atoms with Gasteiger partial charge in [-0.3, -0.25) is 4.99 Å². The summed E-state index contributed by atoms with van der Waals surface area (Å²) in [6.45, 7) is 0. The first-order valence-corrected chi connectivity index (χ1v) is 2.63. The van der Waals surface area contributed by atoms with Gasteiger partial charge in [-0.05, 0) is 0 Å². The molecule has 0 atom stereocenters. The van der Waals surface area contributed by atoms with Gasteiger partial charge in [-0.2, -0.15) is 0 Å². The summed E-state index contributed by atoms with van der Waals surface area (Å²) >= 11 is 1.80. The molecule has 1 radical (unpaired) electrons. The number of thioether (sulfide) groups is 1. The van der Waals surface area contributed by atoms with Crippen LogP contribution in [0.2, 0.25) is 0 Å². The van der Waals surface area contributed by atoms with E-state index in [1.165, 1.54) is 0 Å². The number of aliphatic imine (C=N–C) groups is 1. The van der Waals surface area contributed by atoms with E-state index in [4.69, 9.17) is 0 Å². The summed E-state index contributed by atoms with van der Waals surface area (Å²) in [4.78, 5) is 3.80. The van der Waals surface area contributed by atoms with Crippen LogP contribution in [0.4, 0.5) is 0 Å². The molecule has 1 aliphatic rings. The Bertz CT molecular complexity index is 44.9. The van der Waals surface area contributed by atoms with Crippen molar-refractivity contribution in [3.8, 4) is 0 Å². The highest BCUT2D eigenvalue weighted by Crippen LogP contribution is 2.02. The lowest BCUT2D eigenvalue weighted by atomic mass is 10.9. The first-order chi connectivity index (χ1) is 2.50. The monoisotopic (exact) mass is 86.0 g/mol. The van der Waals surface area contributed by atoms with Crippen LogP contribution in [0.3, 0.4) is 0 Å². The number of hydrogen-bond acceptors (Lipinski definition) is 2. The van der Waals surface area contributed by atoms with Crippen LogP contribution in [-0.2, 0) is 0 Å². The van der Waals surface area contributed by atoms with Gasteiger partial charge in [0.05, 0.1) is 12.1 Å². The molecule has 5 heavy (non-hydrogen) atoms. The molecule has 2 heteroatoms. The van der Waals surface area contributed by atoms with Gasteiger partial charge in [0.1, 0.15) is 0 Å². The van der Waals surface area contributed by atoms with Gasteiger partial charge >= 0.3 is 0 Å². The minimum Gasteiger partial charge on any atom is -0.276 e. The van der Waals surface area contributed by atoms with E-state index in [1.54, 1.807) is 11.8 Å². The fraction of sp³-hybridized carbons (Fsp3) is 0.667. The van der Waals surface area contributed by atoms with Crippen molar-refractivity contribution >= 4 is 18.0 Å². The Morgan fingerprint density at radius 3 is 3.00 bits per heavy atom. The van der Waals surface area contributed by atoms with Crippen molar-refractivity contribution < 1.29 is 0 Å². The third-order valence-corrected chi connectivity index (χ3v) is 1.08. The van der Waals surface area contributed by atoms with E-state index in [2.05, 4.69) is 11.2 Å². The normalized spacial score (nSPS) is 20.8. The smallest absolute Gasteiger partial charge is 0.0852 e. The molecule has 0 saturated carbocycles. The highest BCUT2D eigenvalue weighted by Gasteiger charge is 1.87. The van der Waals surface area contributed by atoms with E-state index in [-0.39, 0.29) is 0 Å². The highest BCUT2D eigenvalue weighted by molar-refractivity contribution is 8.00. The predicted molar refractivity (Wildman–Crippen MR) is 24.8 cm³/mol. The molecule has 0 aromatic carbocycles. The van der Waals surface area contributed by atoms with Gasteiger partial charge in [0, 0.05) is 5.75 Å². The van der Waals surface area contributed by atoms with Crippen molar-refractivity contribution in [2.45, 2.75) is 0 Å². The maximum Gasteiger partial charge on any atom is 0.0852 e. The lowest BCUT2D eigenvalue weighted by Gasteiger charge is -1.68. The maximum atomic E-state index is 3.80. The van der Waals surface area contributed by atoms with Crippen molar-refractivity contribution in [3.05, 3.63) is 0 Å². The van der Waals surface area contributed by atoms with Crippen molar-refractivity contribution in [1.82, 2.24) is 0 Å². The molecule has 27 valence electrons. The van der Waals surface area contributed by atoms with Crippen LogP contribution in [0.1, 0.15) is 0 Å². The first-order valence-electron chi connectivity index (χ1n) is 1.47. The van der Waals surface area contributed by atoms with Crippen LogP contribution < -0.4 is 0 Å². The molecule has 0 aromatic rings. The number of nitrogens with zero attached hydrogens (tertiary/aromatic N) is 1. The third kappa shape index (κ3) is 0.651. The summed E-state index contributed by atoms with van der Waals surface area (Å²) < 4.78 is 0. The SMILES string of the molecule is [C]1=NCSC1. The summed E-state index contributed by atoms with van der Waals surface area (Å²) in [5.41, 5.74) is 0. The summed E-state index contributed by atoms with van der Waals surface area (Å²) in [5, 5.41) is 0. The largest absolute Gasteiger partial charge is 0.276 e. The molecule has 0 aliphatic carbocycles. The molecule has 0 N–H and O–H groups in total.